The summed E-state index contributed by atoms with van der Waals surface area (Å²) in [6, 6.07) is 13.8. The molecule has 0 radical (unpaired) electrons. The van der Waals surface area contributed by atoms with Crippen LogP contribution in [0.5, 0.6) is 5.75 Å². The predicted octanol–water partition coefficient (Wildman–Crippen LogP) is 3.46. The molecule has 3 N–H and O–H groups in total. The summed E-state index contributed by atoms with van der Waals surface area (Å²) < 4.78 is 10.9. The van der Waals surface area contributed by atoms with Crippen LogP contribution in [-0.4, -0.2) is 39.2 Å². The molecule has 2 aromatic rings. The number of halogens is 1. The second-order valence-corrected chi connectivity index (χ2v) is 6.61. The van der Waals surface area contributed by atoms with Gasteiger partial charge >= 0.3 is 0 Å². The van der Waals surface area contributed by atoms with Crippen molar-refractivity contribution in [3.63, 3.8) is 0 Å². The van der Waals surface area contributed by atoms with E-state index < -0.39 is 0 Å². The number of methoxy groups -OCH3 is 1. The largest absolute Gasteiger partial charge is 0.491 e. The minimum atomic E-state index is -0.0887. The monoisotopic (exact) mass is 526 g/mol. The molecule has 0 spiro atoms. The molecule has 0 saturated heterocycles. The topological polar surface area (TPSA) is 84.0 Å². The van der Waals surface area contributed by atoms with Crippen LogP contribution in [0.4, 0.5) is 5.69 Å². The van der Waals surface area contributed by atoms with Crippen LogP contribution >= 0.6 is 24.0 Å². The number of anilines is 1. The highest BCUT2D eigenvalue weighted by Crippen LogP contribution is 2.20. The lowest BCUT2D eigenvalue weighted by Crippen LogP contribution is -2.36. The summed E-state index contributed by atoms with van der Waals surface area (Å²) in [5, 5.41) is 9.39. The molecular formula is C22H31IN4O3. The number of amides is 1. The van der Waals surface area contributed by atoms with Gasteiger partial charge in [-0.05, 0) is 36.2 Å². The molecule has 0 bridgehead atoms. The van der Waals surface area contributed by atoms with Gasteiger partial charge in [0.2, 0.25) is 5.91 Å². The third-order valence-corrected chi connectivity index (χ3v) is 4.14. The zero-order valence-electron chi connectivity index (χ0n) is 18.0. The molecule has 7 nitrogen and oxygen atoms in total. The standard InChI is InChI=1S/C22H30N4O3.HI/c1-16-8-9-19(21(12-16)29-11-10-28-4)15-25-22(23-3)24-14-18-6-5-7-20(13-18)26-17(2)27;/h5-9,12-13H,10-11,14-15H2,1-4H3,(H,26,27)(H2,23,24,25);1H. The van der Waals surface area contributed by atoms with Gasteiger partial charge < -0.3 is 25.4 Å². The number of aliphatic imine (C=N–C) groups is 1. The summed E-state index contributed by atoms with van der Waals surface area (Å²) in [5.74, 6) is 1.43. The van der Waals surface area contributed by atoms with Gasteiger partial charge in [0.15, 0.2) is 5.96 Å². The molecule has 0 unspecified atom stereocenters. The van der Waals surface area contributed by atoms with Crippen molar-refractivity contribution in [2.75, 3.05) is 32.7 Å². The lowest BCUT2D eigenvalue weighted by Gasteiger charge is -2.16. The first-order chi connectivity index (χ1) is 14.0. The summed E-state index contributed by atoms with van der Waals surface area (Å²) in [5.41, 5.74) is 4.00. The smallest absolute Gasteiger partial charge is 0.221 e. The summed E-state index contributed by atoms with van der Waals surface area (Å²) >= 11 is 0. The van der Waals surface area contributed by atoms with Crippen LogP contribution in [0.3, 0.4) is 0 Å². The maximum absolute atomic E-state index is 11.2. The number of ether oxygens (including phenoxy) is 2. The highest BCUT2D eigenvalue weighted by atomic mass is 127. The van der Waals surface area contributed by atoms with Gasteiger partial charge in [-0.2, -0.15) is 0 Å². The minimum Gasteiger partial charge on any atom is -0.491 e. The van der Waals surface area contributed by atoms with E-state index in [9.17, 15) is 4.79 Å². The Morgan fingerprint density at radius 1 is 1.07 bits per heavy atom. The molecule has 2 rings (SSSR count). The lowest BCUT2D eigenvalue weighted by atomic mass is 10.1. The van der Waals surface area contributed by atoms with E-state index in [1.165, 1.54) is 6.92 Å². The van der Waals surface area contributed by atoms with E-state index in [2.05, 4.69) is 33.1 Å². The summed E-state index contributed by atoms with van der Waals surface area (Å²) in [7, 11) is 3.39. The van der Waals surface area contributed by atoms with E-state index in [4.69, 9.17) is 9.47 Å². The molecule has 2 aromatic carbocycles. The van der Waals surface area contributed by atoms with Crippen molar-refractivity contribution < 1.29 is 14.3 Å². The first-order valence-electron chi connectivity index (χ1n) is 9.54. The van der Waals surface area contributed by atoms with E-state index in [1.807, 2.05) is 37.3 Å². The normalized spacial score (nSPS) is 10.7. The van der Waals surface area contributed by atoms with Crippen LogP contribution in [0.25, 0.3) is 0 Å². The van der Waals surface area contributed by atoms with E-state index in [0.29, 0.717) is 32.3 Å². The second-order valence-electron chi connectivity index (χ2n) is 6.61. The minimum absolute atomic E-state index is 0. The number of nitrogens with one attached hydrogen (secondary N) is 3. The molecule has 30 heavy (non-hydrogen) atoms. The molecule has 0 saturated carbocycles. The van der Waals surface area contributed by atoms with Crippen LogP contribution in [0.2, 0.25) is 0 Å². The van der Waals surface area contributed by atoms with Gasteiger partial charge in [0.05, 0.1) is 6.61 Å². The number of guanidine groups is 1. The van der Waals surface area contributed by atoms with Crippen LogP contribution in [0.15, 0.2) is 47.5 Å². The Balaban J connectivity index is 0.00000450. The highest BCUT2D eigenvalue weighted by molar-refractivity contribution is 14.0. The third kappa shape index (κ3) is 9.00. The van der Waals surface area contributed by atoms with Crippen LogP contribution in [-0.2, 0) is 22.6 Å². The molecule has 8 heteroatoms. The van der Waals surface area contributed by atoms with Crippen molar-refractivity contribution in [1.82, 2.24) is 10.6 Å². The summed E-state index contributed by atoms with van der Waals surface area (Å²) in [6.45, 7) is 5.74. The second kappa shape index (κ2) is 13.8. The van der Waals surface area contributed by atoms with Crippen molar-refractivity contribution in [2.45, 2.75) is 26.9 Å². The molecule has 0 aliphatic carbocycles. The number of aryl methyl sites for hydroxylation is 1. The van der Waals surface area contributed by atoms with Crippen LogP contribution in [0, 0.1) is 6.92 Å². The van der Waals surface area contributed by atoms with Crippen LogP contribution < -0.4 is 20.7 Å². The number of rotatable bonds is 9. The highest BCUT2D eigenvalue weighted by Gasteiger charge is 2.06. The number of nitrogens with zero attached hydrogens (tertiary/aromatic N) is 1. The van der Waals surface area contributed by atoms with Gasteiger partial charge in [0.1, 0.15) is 12.4 Å². The lowest BCUT2D eigenvalue weighted by molar-refractivity contribution is -0.114. The molecule has 0 aromatic heterocycles. The maximum Gasteiger partial charge on any atom is 0.221 e. The average Bonchev–Trinajstić information content (AvgIpc) is 2.69. The third-order valence-electron chi connectivity index (χ3n) is 4.14. The Bertz CT molecular complexity index is 843. The van der Waals surface area contributed by atoms with E-state index >= 15 is 0 Å². The van der Waals surface area contributed by atoms with E-state index in [0.717, 1.165) is 28.1 Å². The maximum atomic E-state index is 11.2. The zero-order chi connectivity index (χ0) is 21.1. The molecule has 0 heterocycles. The molecule has 0 aliphatic heterocycles. The predicted molar refractivity (Wildman–Crippen MR) is 132 cm³/mol. The van der Waals surface area contributed by atoms with Crippen molar-refractivity contribution in [3.8, 4) is 5.75 Å². The van der Waals surface area contributed by atoms with Crippen molar-refractivity contribution in [3.05, 3.63) is 59.2 Å². The number of carbonyl (C=O) groups excluding carboxylic acids is 1. The molecule has 1 amide bonds. The molecule has 0 fully saturated rings. The number of hydrogen-bond acceptors (Lipinski definition) is 4. The fraction of sp³-hybridized carbons (Fsp3) is 0.364. The van der Waals surface area contributed by atoms with Gasteiger partial charge in [0, 0.05) is 45.4 Å². The first-order valence-corrected chi connectivity index (χ1v) is 9.54. The summed E-state index contributed by atoms with van der Waals surface area (Å²) in [6.07, 6.45) is 0. The van der Waals surface area contributed by atoms with E-state index in [1.54, 1.807) is 14.2 Å². The van der Waals surface area contributed by atoms with Gasteiger partial charge in [-0.1, -0.05) is 24.3 Å². The number of benzene rings is 2. The fourth-order valence-corrected chi connectivity index (χ4v) is 2.72. The molecule has 0 aliphatic rings. The molecule has 0 atom stereocenters. The van der Waals surface area contributed by atoms with Crippen LogP contribution in [0.1, 0.15) is 23.6 Å². The Labute approximate surface area is 195 Å². The summed E-state index contributed by atoms with van der Waals surface area (Å²) in [4.78, 5) is 15.5. The van der Waals surface area contributed by atoms with Gasteiger partial charge in [-0.25, -0.2) is 0 Å². The van der Waals surface area contributed by atoms with E-state index in [-0.39, 0.29) is 29.9 Å². The van der Waals surface area contributed by atoms with Crippen molar-refractivity contribution in [1.29, 1.82) is 0 Å². The molecular weight excluding hydrogens is 495 g/mol. The quantitative estimate of drug-likeness (QED) is 0.202. The SMILES string of the molecule is CN=C(NCc1cccc(NC(C)=O)c1)NCc1ccc(C)cc1OCCOC.I. The Kier molecular flexibility index (Phi) is 11.8. The van der Waals surface area contributed by atoms with Crippen molar-refractivity contribution in [2.24, 2.45) is 4.99 Å². The fourth-order valence-electron chi connectivity index (χ4n) is 2.72. The Hall–Kier alpha value is -2.33. The van der Waals surface area contributed by atoms with Gasteiger partial charge in [-0.15, -0.1) is 24.0 Å². The number of carbonyl (C=O) groups is 1. The molecule has 164 valence electrons. The number of hydrogen-bond donors (Lipinski definition) is 3. The first kappa shape index (κ1) is 25.7. The Morgan fingerprint density at radius 3 is 2.53 bits per heavy atom. The van der Waals surface area contributed by atoms with Gasteiger partial charge in [-0.3, -0.25) is 9.79 Å². The zero-order valence-corrected chi connectivity index (χ0v) is 20.3. The van der Waals surface area contributed by atoms with Gasteiger partial charge in [0.25, 0.3) is 0 Å². The Morgan fingerprint density at radius 2 is 1.83 bits per heavy atom. The average molecular weight is 526 g/mol. The van der Waals surface area contributed by atoms with Crippen molar-refractivity contribution >= 4 is 41.5 Å².